The highest BCUT2D eigenvalue weighted by atomic mass is 16.5. The molecule has 6 aromatic carbocycles. The first-order valence-electron chi connectivity index (χ1n) is 26.8. The zero-order chi connectivity index (χ0) is 53.3. The van der Waals surface area contributed by atoms with Crippen molar-refractivity contribution in [3.05, 3.63) is 148 Å². The molecule has 0 unspecified atom stereocenters. The molecule has 2 aliphatic heterocycles. The summed E-state index contributed by atoms with van der Waals surface area (Å²) in [7, 11) is 0. The first-order chi connectivity index (χ1) is 32.9. The Morgan fingerprint density at radius 1 is 0.549 bits per heavy atom. The number of hydrogen-bond acceptors (Lipinski definition) is 3. The lowest BCUT2D eigenvalue weighted by molar-refractivity contribution is 0.107. The van der Waals surface area contributed by atoms with Crippen LogP contribution in [0.2, 0.25) is 6.75 Å². The van der Waals surface area contributed by atoms with Crippen molar-refractivity contribution in [1.29, 1.82) is 0 Å². The molecule has 51 heavy (non-hydrogen) atoms. The Bertz CT molecular complexity index is 3100. The van der Waals surface area contributed by atoms with Crippen molar-refractivity contribution in [2.24, 2.45) is 0 Å². The van der Waals surface area contributed by atoms with Crippen LogP contribution in [0.15, 0.2) is 109 Å². The van der Waals surface area contributed by atoms with Crippen LogP contribution in [0.4, 0.5) is 0 Å². The van der Waals surface area contributed by atoms with Gasteiger partial charge in [0, 0.05) is 67.5 Å². The summed E-state index contributed by atoms with van der Waals surface area (Å²) in [5, 5.41) is 0. The summed E-state index contributed by atoms with van der Waals surface area (Å²) in [4.78, 5) is 0. The SMILES string of the molecule is [2H]C([2H])([2H])B1Oc2ccccc2C(C)(C)Oc2c1cccc2-c1c(C([2H])([2H])[2H])ccc(-c2ccc(C([2H])([2H])[2H])c(-c3cccc4c3Oc3ccccc3C4(C([2H])([2H])[2H])C([2H])([2H])[2H])c2C([2H])([2H])[2H])c1C([2H])([2H])[2H]. The van der Waals surface area contributed by atoms with E-state index in [1.54, 1.807) is 38.1 Å². The first-order valence-corrected chi connectivity index (χ1v) is 16.3. The summed E-state index contributed by atoms with van der Waals surface area (Å²) in [6.07, 6.45) is 0. The van der Waals surface area contributed by atoms with Crippen LogP contribution in [-0.2, 0) is 11.0 Å². The van der Waals surface area contributed by atoms with E-state index in [2.05, 4.69) is 0 Å². The lowest BCUT2D eigenvalue weighted by atomic mass is 9.62. The summed E-state index contributed by atoms with van der Waals surface area (Å²) in [5.41, 5.74) is -9.71. The Hall–Kier alpha value is -5.22. The second-order valence-corrected chi connectivity index (χ2v) is 13.2. The molecule has 0 bridgehead atoms. The quantitative estimate of drug-likeness (QED) is 0.173. The molecule has 8 rings (SSSR count). The number of para-hydroxylation sites is 4. The van der Waals surface area contributed by atoms with Crippen molar-refractivity contribution in [1.82, 2.24) is 0 Å². The number of hydrogen-bond donors (Lipinski definition) is 0. The summed E-state index contributed by atoms with van der Waals surface area (Å²) in [6.45, 7) is -21.0. The molecule has 0 fully saturated rings. The second-order valence-electron chi connectivity index (χ2n) is 13.2. The molecule has 0 aromatic heterocycles. The molecule has 3 nitrogen and oxygen atoms in total. The van der Waals surface area contributed by atoms with Gasteiger partial charge in [-0.15, -0.1) is 0 Å². The Balaban J connectivity index is 1.53. The van der Waals surface area contributed by atoms with Gasteiger partial charge in [-0.05, 0) is 105 Å². The third-order valence-electron chi connectivity index (χ3n) is 9.63. The summed E-state index contributed by atoms with van der Waals surface area (Å²) in [6, 6.07) is 24.2. The fourth-order valence-corrected chi connectivity index (χ4v) is 7.11. The van der Waals surface area contributed by atoms with Crippen LogP contribution in [0, 0.1) is 27.4 Å². The predicted molar refractivity (Wildman–Crippen MR) is 212 cm³/mol. The number of fused-ring (bicyclic) bond motifs is 4. The van der Waals surface area contributed by atoms with Crippen molar-refractivity contribution >= 4 is 12.4 Å². The maximum atomic E-state index is 9.16. The van der Waals surface area contributed by atoms with Gasteiger partial charge in [0.05, 0.1) is 0 Å². The van der Waals surface area contributed by atoms with Crippen molar-refractivity contribution in [2.45, 2.75) is 72.7 Å². The minimum absolute atomic E-state index is 0.0958. The van der Waals surface area contributed by atoms with Gasteiger partial charge in [0.2, 0.25) is 0 Å². The van der Waals surface area contributed by atoms with Gasteiger partial charge in [0.1, 0.15) is 28.6 Å². The number of ether oxygens (including phenoxy) is 2. The highest BCUT2D eigenvalue weighted by Crippen LogP contribution is 2.52. The molecule has 0 aliphatic carbocycles. The lowest BCUT2D eigenvalue weighted by Gasteiger charge is -2.36. The zero-order valence-corrected chi connectivity index (χ0v) is 27.7. The Morgan fingerprint density at radius 2 is 1.16 bits per heavy atom. The molecule has 0 saturated heterocycles. The zero-order valence-electron chi connectivity index (χ0n) is 48.7. The largest absolute Gasteiger partial charge is 0.555 e. The van der Waals surface area contributed by atoms with E-state index in [-0.39, 0.29) is 39.4 Å². The van der Waals surface area contributed by atoms with Gasteiger partial charge in [-0.25, -0.2) is 0 Å². The van der Waals surface area contributed by atoms with Crippen LogP contribution in [0.3, 0.4) is 0 Å². The predicted octanol–water partition coefficient (Wildman–Crippen LogP) is 11.9. The molecule has 2 aliphatic rings. The molecule has 0 saturated carbocycles. The summed E-state index contributed by atoms with van der Waals surface area (Å²) < 4.78 is 205. The van der Waals surface area contributed by atoms with E-state index in [0.717, 1.165) is 24.3 Å². The van der Waals surface area contributed by atoms with Gasteiger partial charge in [-0.2, -0.15) is 0 Å². The molecule has 6 aromatic rings. The van der Waals surface area contributed by atoms with Crippen LogP contribution >= 0.6 is 0 Å². The van der Waals surface area contributed by atoms with E-state index in [9.17, 15) is 0 Å². The average molecular weight is 690 g/mol. The van der Waals surface area contributed by atoms with Crippen LogP contribution in [0.5, 0.6) is 23.0 Å². The molecule has 0 N–H and O–H groups in total. The molecular weight excluding hydrogens is 623 g/mol. The topological polar surface area (TPSA) is 27.7 Å². The molecule has 0 radical (unpaired) electrons. The van der Waals surface area contributed by atoms with E-state index >= 15 is 0 Å². The molecule has 4 heteroatoms. The molecule has 254 valence electrons. The van der Waals surface area contributed by atoms with E-state index in [1.165, 1.54) is 60.7 Å². The summed E-state index contributed by atoms with van der Waals surface area (Å²) >= 11 is 0. The number of rotatable bonds is 3. The summed E-state index contributed by atoms with van der Waals surface area (Å²) in [5.74, 6) is -0.778. The number of benzene rings is 6. The van der Waals surface area contributed by atoms with Gasteiger partial charge in [-0.3, -0.25) is 0 Å². The van der Waals surface area contributed by atoms with Gasteiger partial charge in [0.25, 0.3) is 0 Å². The molecule has 0 spiro atoms. The number of aryl methyl sites for hydroxylation is 2. The fourth-order valence-electron chi connectivity index (χ4n) is 7.11. The van der Waals surface area contributed by atoms with Crippen molar-refractivity contribution in [3.63, 3.8) is 0 Å². The Labute approximate surface area is 332 Å². The highest BCUT2D eigenvalue weighted by molar-refractivity contribution is 6.68. The van der Waals surface area contributed by atoms with E-state index < -0.39 is 122 Å². The van der Waals surface area contributed by atoms with Crippen LogP contribution in [0.25, 0.3) is 33.4 Å². The average Bonchev–Trinajstić information content (AvgIpc) is 3.23. The molecule has 0 amide bonds. The van der Waals surface area contributed by atoms with Crippen molar-refractivity contribution < 1.29 is 42.9 Å². The fraction of sp³-hybridized carbons (Fsp3) is 0.234. The maximum absolute atomic E-state index is 9.16. The Morgan fingerprint density at radius 3 is 1.80 bits per heavy atom. The Kier molecular flexibility index (Phi) is 3.95. The van der Waals surface area contributed by atoms with Crippen LogP contribution in [0.1, 0.15) is 95.3 Å². The normalized spacial score (nSPS) is 22.9. The first kappa shape index (κ1) is 16.9. The van der Waals surface area contributed by atoms with Crippen molar-refractivity contribution in [2.75, 3.05) is 0 Å². The van der Waals surface area contributed by atoms with Crippen LogP contribution < -0.4 is 19.6 Å². The van der Waals surface area contributed by atoms with Gasteiger partial charge in [-0.1, -0.05) is 111 Å². The second kappa shape index (κ2) is 11.9. The van der Waals surface area contributed by atoms with E-state index in [0.29, 0.717) is 5.56 Å². The monoisotopic (exact) mass is 689 g/mol. The minimum atomic E-state index is -3.38. The van der Waals surface area contributed by atoms with Gasteiger partial charge in [0.15, 0.2) is 0 Å². The van der Waals surface area contributed by atoms with Gasteiger partial charge >= 0.3 is 6.92 Å². The standard InChI is InChI=1S/C47H45BO3/c1-28-24-26-32(30(3)42(28)34-16-14-20-38-44(34)49-40-22-12-10-18-36(40)46(38,5)6)33-27-25-29(2)43(31(33)4)35-17-15-21-39-45(35)50-47(7,8)37-19-11-13-23-41(37)51-48(39)9/h10-27H,1-9H3/i1D3,2D3,3D3,4D3,5D3,6D3,9D3. The minimum Gasteiger partial charge on any atom is -0.555 e. The van der Waals surface area contributed by atoms with E-state index in [1.807, 2.05) is 0 Å². The van der Waals surface area contributed by atoms with E-state index in [4.69, 9.17) is 42.9 Å². The smallest absolute Gasteiger partial charge is 0.392 e. The lowest BCUT2D eigenvalue weighted by Crippen LogP contribution is -2.40. The maximum Gasteiger partial charge on any atom is 0.392 e. The van der Waals surface area contributed by atoms with Crippen molar-refractivity contribution in [3.8, 4) is 56.4 Å². The third-order valence-corrected chi connectivity index (χ3v) is 9.63. The van der Waals surface area contributed by atoms with Gasteiger partial charge < -0.3 is 14.1 Å². The molecule has 0 atom stereocenters. The highest BCUT2D eigenvalue weighted by Gasteiger charge is 2.37. The molecular formula is C47H45BO3. The van der Waals surface area contributed by atoms with Crippen LogP contribution in [-0.4, -0.2) is 6.92 Å². The molecule has 2 heterocycles. The third kappa shape index (κ3) is 5.18.